The number of guanidine groups is 2. The summed E-state index contributed by atoms with van der Waals surface area (Å²) in [5, 5.41) is 51.8. The zero-order valence-corrected chi connectivity index (χ0v) is 50.7. The van der Waals surface area contributed by atoms with Crippen molar-refractivity contribution in [3.63, 3.8) is 0 Å². The van der Waals surface area contributed by atoms with Gasteiger partial charge in [-0.1, -0.05) is 18.2 Å². The fourth-order valence-corrected chi connectivity index (χ4v) is 9.24. The van der Waals surface area contributed by atoms with Crippen LogP contribution in [0.15, 0.2) is 103 Å². The number of rotatable bonds is 32. The van der Waals surface area contributed by atoms with Crippen molar-refractivity contribution in [2.75, 3.05) is 62.3 Å². The lowest BCUT2D eigenvalue weighted by Crippen LogP contribution is -2.46. The number of benzene rings is 5. The molecular weight excluding hydrogens is 1200 g/mol. The van der Waals surface area contributed by atoms with Crippen molar-refractivity contribution < 1.29 is 72.0 Å². The lowest BCUT2D eigenvalue weighted by Gasteiger charge is -2.22. The molecule has 6 aromatic rings. The summed E-state index contributed by atoms with van der Waals surface area (Å²) in [7, 11) is 3.93. The number of carboxylic acids is 1. The van der Waals surface area contributed by atoms with Crippen LogP contribution >= 0.6 is 0 Å². The molecule has 31 nitrogen and oxygen atoms in total. The number of hydrogen-bond acceptors (Lipinski definition) is 16. The van der Waals surface area contributed by atoms with Crippen LogP contribution < -0.4 is 89.3 Å². The third-order valence-corrected chi connectivity index (χ3v) is 13.7. The number of para-hydroxylation sites is 1. The molecule has 0 saturated heterocycles. The predicted molar refractivity (Wildman–Crippen MR) is 339 cm³/mol. The van der Waals surface area contributed by atoms with Crippen LogP contribution in [0.25, 0.3) is 10.9 Å². The van der Waals surface area contributed by atoms with Crippen LogP contribution in [0.2, 0.25) is 0 Å². The largest absolute Gasteiger partial charge is 0.496 e. The number of aromatic amines is 1. The van der Waals surface area contributed by atoms with Gasteiger partial charge < -0.3 is 99.4 Å². The second kappa shape index (κ2) is 32.9. The number of hydrogen-bond donors (Lipinski definition) is 17. The van der Waals surface area contributed by atoms with Crippen LogP contribution in [0.5, 0.6) is 23.0 Å². The maximum absolute atomic E-state index is 14.4. The molecule has 0 fully saturated rings. The number of carboxylic acid groups (broad SMARTS) is 1. The van der Waals surface area contributed by atoms with Gasteiger partial charge in [0.2, 0.25) is 29.5 Å². The highest BCUT2D eigenvalue weighted by atomic mass is 16.5. The minimum atomic E-state index is -1.42. The van der Waals surface area contributed by atoms with Crippen molar-refractivity contribution in [3.8, 4) is 23.0 Å². The molecule has 0 radical (unpaired) electrons. The molecule has 1 aromatic heterocycles. The van der Waals surface area contributed by atoms with E-state index >= 15 is 0 Å². The van der Waals surface area contributed by atoms with Crippen molar-refractivity contribution in [1.29, 1.82) is 10.8 Å². The molecular formula is C61H72N16O15. The molecule has 0 aliphatic carbocycles. The number of nitrogens with two attached hydrogens (primary N) is 3. The van der Waals surface area contributed by atoms with Gasteiger partial charge in [0.25, 0.3) is 23.6 Å². The van der Waals surface area contributed by atoms with Gasteiger partial charge in [0.05, 0.1) is 43.6 Å². The number of methoxy groups -OCH3 is 3. The number of anilines is 4. The van der Waals surface area contributed by atoms with Gasteiger partial charge in [-0.3, -0.25) is 54.0 Å². The predicted octanol–water partition coefficient (Wildman–Crippen LogP) is 2.20. The van der Waals surface area contributed by atoms with Gasteiger partial charge in [-0.05, 0) is 117 Å². The standard InChI is InChI=1S/C61H72N16O15/c1-31(53(82)72-35-15-19-49(91-5)41(26-35)56(85)77-46(52(62)81)24-33-29-69-43-11-7-6-10-38(33)43)70-54(83)39-27-36(16-20-47(39)89-3)73-59(88)45(13-9-23-68-61(65)66)76-57(86)42-28-37(17-21-50(42)92-30-51(79)80)74-58(87)44(12-8-22-67-60(63)64)75-55(84)40-25-34(71-32(2)78)14-18-48(40)90-4/h6-7,10-11,14-21,25-29,31,44-46,69H,8-9,12-13,22-24,30H2,1-5H3,(H2,62,81)(H,70,83)(H,71,78)(H,72,82)(H,73,88)(H,74,87)(H,75,84)(H,76,86)(H,77,85)(H,79,80)(H4,63,64,67)(H4,65,66,68)/t31-,44-,45-,46-/m1/s1. The van der Waals surface area contributed by atoms with Gasteiger partial charge in [-0.25, -0.2) is 4.79 Å². The Kier molecular flexibility index (Phi) is 24.7. The number of fused-ring (bicyclic) bond motifs is 1. The summed E-state index contributed by atoms with van der Waals surface area (Å²) in [5.74, 6) is -9.10. The summed E-state index contributed by atoms with van der Waals surface area (Å²) in [6.45, 7) is 1.94. The zero-order valence-electron chi connectivity index (χ0n) is 50.7. The zero-order chi connectivity index (χ0) is 67.2. The fourth-order valence-electron chi connectivity index (χ4n) is 9.24. The molecule has 6 rings (SSSR count). The highest BCUT2D eigenvalue weighted by molar-refractivity contribution is 6.08. The normalized spacial score (nSPS) is 12.0. The maximum atomic E-state index is 14.4. The van der Waals surface area contributed by atoms with Gasteiger partial charge in [-0.2, -0.15) is 0 Å². The van der Waals surface area contributed by atoms with E-state index in [1.165, 1.54) is 102 Å². The number of nitrogens with one attached hydrogen (secondary N) is 13. The highest BCUT2D eigenvalue weighted by Crippen LogP contribution is 2.29. The summed E-state index contributed by atoms with van der Waals surface area (Å²) >= 11 is 0. The molecule has 0 spiro atoms. The van der Waals surface area contributed by atoms with Gasteiger partial charge in [0.1, 0.15) is 47.2 Å². The third kappa shape index (κ3) is 19.8. The molecule has 1 heterocycles. The second-order valence-corrected chi connectivity index (χ2v) is 20.5. The smallest absolute Gasteiger partial charge is 0.341 e. The first kappa shape index (κ1) is 69.2. The van der Waals surface area contributed by atoms with Gasteiger partial charge in [-0.15, -0.1) is 0 Å². The van der Waals surface area contributed by atoms with Crippen molar-refractivity contribution in [2.24, 2.45) is 17.2 Å². The number of carbonyl (C=O) groups is 10. The molecule has 4 atom stereocenters. The number of H-pyrrole nitrogens is 1. The number of amides is 9. The Morgan fingerprint density at radius 1 is 0.533 bits per heavy atom. The van der Waals surface area contributed by atoms with E-state index in [0.29, 0.717) is 0 Å². The first-order valence-corrected chi connectivity index (χ1v) is 28.3. The molecule has 92 heavy (non-hydrogen) atoms. The van der Waals surface area contributed by atoms with E-state index in [1.807, 2.05) is 24.3 Å². The Bertz CT molecular complexity index is 3780. The Morgan fingerprint density at radius 2 is 0.935 bits per heavy atom. The minimum absolute atomic E-state index is 0.0102. The molecule has 9 amide bonds. The summed E-state index contributed by atoms with van der Waals surface area (Å²) < 4.78 is 21.7. The molecule has 20 N–H and O–H groups in total. The summed E-state index contributed by atoms with van der Waals surface area (Å²) in [4.78, 5) is 137. The molecule has 0 saturated carbocycles. The molecule has 0 unspecified atom stereocenters. The van der Waals surface area contributed by atoms with Crippen LogP contribution in [0.3, 0.4) is 0 Å². The van der Waals surface area contributed by atoms with E-state index in [0.717, 1.165) is 22.5 Å². The van der Waals surface area contributed by atoms with Crippen LogP contribution in [0, 0.1) is 10.8 Å². The lowest BCUT2D eigenvalue weighted by atomic mass is 10.0. The van der Waals surface area contributed by atoms with Crippen LogP contribution in [0.1, 0.15) is 86.5 Å². The maximum Gasteiger partial charge on any atom is 0.341 e. The van der Waals surface area contributed by atoms with Crippen molar-refractivity contribution in [1.82, 2.24) is 36.9 Å². The Hall–Kier alpha value is -11.9. The Morgan fingerprint density at radius 3 is 1.36 bits per heavy atom. The highest BCUT2D eigenvalue weighted by Gasteiger charge is 2.29. The Balaban J connectivity index is 1.18. The average Bonchev–Trinajstić information content (AvgIpc) is 1.31. The van der Waals surface area contributed by atoms with E-state index in [-0.39, 0.29) is 125 Å². The molecule has 5 aromatic carbocycles. The van der Waals surface area contributed by atoms with Gasteiger partial charge in [0, 0.05) is 66.3 Å². The number of ether oxygens (including phenoxy) is 4. The monoisotopic (exact) mass is 1270 g/mol. The SMILES string of the molecule is COc1ccc(NC(=O)[C@@H](CCCNC(=N)N)NC(=O)c2cc(NC(=O)[C@@H](CCCNC(=N)N)NC(=O)c3cc(NC(C)=O)ccc3OC)ccc2OCC(=O)O)cc1C(=O)N[C@H](C)C(=O)Nc1ccc(OC)c(C(=O)N[C@H](Cc2c[nH]c3ccccc23)C(N)=O)c1. The average molecular weight is 1270 g/mol. The van der Waals surface area contributed by atoms with E-state index in [4.69, 9.17) is 47.0 Å². The number of aromatic nitrogens is 1. The van der Waals surface area contributed by atoms with E-state index in [2.05, 4.69) is 58.2 Å². The fraction of sp³-hybridized carbons (Fsp3) is 0.279. The summed E-state index contributed by atoms with van der Waals surface area (Å²) in [5.41, 5.74) is 18.0. The van der Waals surface area contributed by atoms with Crippen molar-refractivity contribution in [3.05, 3.63) is 131 Å². The topological polar surface area (TPSA) is 490 Å². The molecule has 31 heteroatoms. The van der Waals surface area contributed by atoms with Crippen LogP contribution in [-0.4, -0.2) is 146 Å². The Labute approximate surface area is 526 Å². The molecule has 0 aliphatic heterocycles. The van der Waals surface area contributed by atoms with E-state index in [9.17, 15) is 53.1 Å². The second-order valence-electron chi connectivity index (χ2n) is 20.5. The van der Waals surface area contributed by atoms with Gasteiger partial charge in [0.15, 0.2) is 18.5 Å². The van der Waals surface area contributed by atoms with Crippen molar-refractivity contribution >= 4 is 105 Å². The first-order chi connectivity index (χ1) is 43.9. The first-order valence-electron chi connectivity index (χ1n) is 28.3. The van der Waals surface area contributed by atoms with E-state index < -0.39 is 89.9 Å². The molecule has 0 aliphatic rings. The quantitative estimate of drug-likeness (QED) is 0.0163. The number of carbonyl (C=O) groups excluding carboxylic acids is 9. The van der Waals surface area contributed by atoms with Crippen LogP contribution in [0.4, 0.5) is 22.7 Å². The number of primary amides is 1. The third-order valence-electron chi connectivity index (χ3n) is 13.7. The molecule has 0 bridgehead atoms. The lowest BCUT2D eigenvalue weighted by molar-refractivity contribution is -0.139. The van der Waals surface area contributed by atoms with E-state index in [1.54, 1.807) is 6.20 Å². The van der Waals surface area contributed by atoms with Gasteiger partial charge >= 0.3 is 5.97 Å². The summed E-state index contributed by atoms with van der Waals surface area (Å²) in [6, 6.07) is 18.4. The van der Waals surface area contributed by atoms with Crippen LogP contribution in [-0.2, 0) is 35.2 Å². The minimum Gasteiger partial charge on any atom is -0.496 e. The summed E-state index contributed by atoms with van der Waals surface area (Å²) in [6.07, 6.45) is 1.96. The molecule has 486 valence electrons. The van der Waals surface area contributed by atoms with Crippen molar-refractivity contribution in [2.45, 2.75) is 70.1 Å². The number of aliphatic carboxylic acids is 1.